The van der Waals surface area contributed by atoms with E-state index in [1.165, 1.54) is 6.26 Å². The molecular weight excluding hydrogens is 439 g/mol. The molecule has 0 atom stereocenters. The topological polar surface area (TPSA) is 57.9 Å². The van der Waals surface area contributed by atoms with Crippen LogP contribution in [0, 0.1) is 0 Å². The van der Waals surface area contributed by atoms with E-state index in [0.29, 0.717) is 55.0 Å². The Bertz CT molecular complexity index is 1290. The van der Waals surface area contributed by atoms with Gasteiger partial charge < -0.3 is 18.6 Å². The van der Waals surface area contributed by atoms with Gasteiger partial charge in [-0.1, -0.05) is 35.3 Å². The molecule has 0 radical (unpaired) electrons. The fourth-order valence-corrected chi connectivity index (χ4v) is 3.73. The minimum Gasteiger partial charge on any atom is -0.493 e. The van der Waals surface area contributed by atoms with E-state index in [-0.39, 0.29) is 12.0 Å². The summed E-state index contributed by atoms with van der Waals surface area (Å²) in [6, 6.07) is 15.6. The highest BCUT2D eigenvalue weighted by atomic mass is 35.5. The normalized spacial score (nSPS) is 10.8. The molecule has 0 aliphatic rings. The van der Waals surface area contributed by atoms with Crippen molar-refractivity contribution in [2.24, 2.45) is 0 Å². The summed E-state index contributed by atoms with van der Waals surface area (Å²) in [7, 11) is 3.10. The van der Waals surface area contributed by atoms with Gasteiger partial charge in [0.1, 0.15) is 24.2 Å². The maximum absolute atomic E-state index is 13.1. The number of ether oxygens (including phenoxy) is 3. The fourth-order valence-electron chi connectivity index (χ4n) is 3.23. The summed E-state index contributed by atoms with van der Waals surface area (Å²) in [4.78, 5) is 13.1. The van der Waals surface area contributed by atoms with Gasteiger partial charge in [-0.15, -0.1) is 0 Å². The van der Waals surface area contributed by atoms with Crippen molar-refractivity contribution in [2.45, 2.75) is 6.61 Å². The summed E-state index contributed by atoms with van der Waals surface area (Å²) in [5.74, 6) is 1.64. The molecule has 4 rings (SSSR count). The van der Waals surface area contributed by atoms with Gasteiger partial charge >= 0.3 is 0 Å². The number of hydrogen-bond donors (Lipinski definition) is 0. The first-order valence-electron chi connectivity index (χ1n) is 9.35. The van der Waals surface area contributed by atoms with E-state index in [2.05, 4.69) is 0 Å². The summed E-state index contributed by atoms with van der Waals surface area (Å²) >= 11 is 12.4. The lowest BCUT2D eigenvalue weighted by Gasteiger charge is -2.11. The number of benzene rings is 3. The predicted molar refractivity (Wildman–Crippen MR) is 122 cm³/mol. The molecule has 0 saturated carbocycles. The quantitative estimate of drug-likeness (QED) is 0.337. The largest absolute Gasteiger partial charge is 0.493 e. The third-order valence-corrected chi connectivity index (χ3v) is 5.59. The van der Waals surface area contributed by atoms with Crippen LogP contribution in [-0.4, -0.2) is 14.2 Å². The average Bonchev–Trinajstić information content (AvgIpc) is 2.78. The van der Waals surface area contributed by atoms with Gasteiger partial charge in [0, 0.05) is 21.7 Å². The maximum Gasteiger partial charge on any atom is 0.200 e. The number of rotatable bonds is 6. The minimum atomic E-state index is -0.158. The van der Waals surface area contributed by atoms with Gasteiger partial charge in [-0.05, 0) is 42.0 Å². The molecular formula is C24H18Cl2O5. The van der Waals surface area contributed by atoms with Crippen molar-refractivity contribution in [3.63, 3.8) is 0 Å². The van der Waals surface area contributed by atoms with Crippen molar-refractivity contribution >= 4 is 34.2 Å². The molecule has 4 aromatic rings. The number of hydrogen-bond acceptors (Lipinski definition) is 5. The molecule has 1 heterocycles. The first kappa shape index (κ1) is 21.1. The van der Waals surface area contributed by atoms with Crippen molar-refractivity contribution in [1.29, 1.82) is 0 Å². The molecule has 3 aromatic carbocycles. The van der Waals surface area contributed by atoms with Gasteiger partial charge in [-0.25, -0.2) is 0 Å². The summed E-state index contributed by atoms with van der Waals surface area (Å²) in [6.45, 7) is 0.192. The second-order valence-corrected chi connectivity index (χ2v) is 7.51. The van der Waals surface area contributed by atoms with Crippen molar-refractivity contribution in [3.8, 4) is 28.4 Å². The molecule has 5 nitrogen and oxygen atoms in total. The summed E-state index contributed by atoms with van der Waals surface area (Å²) in [6.07, 6.45) is 1.43. The first-order valence-corrected chi connectivity index (χ1v) is 10.1. The Morgan fingerprint density at radius 2 is 1.65 bits per heavy atom. The zero-order chi connectivity index (χ0) is 22.0. The van der Waals surface area contributed by atoms with E-state index in [4.69, 9.17) is 41.8 Å². The molecule has 158 valence electrons. The highest BCUT2D eigenvalue weighted by molar-refractivity contribution is 6.35. The van der Waals surface area contributed by atoms with E-state index in [1.54, 1.807) is 68.8 Å². The molecule has 31 heavy (non-hydrogen) atoms. The molecule has 0 aliphatic heterocycles. The standard InChI is InChI=1S/C24H18Cl2O5/c1-28-21-9-6-14(10-23(21)29-2)17-12-31-22-11-15(7-8-16(22)24(17)27)30-13-18-19(25)4-3-5-20(18)26/h3-12H,13H2,1-2H3. The highest BCUT2D eigenvalue weighted by Gasteiger charge is 2.13. The predicted octanol–water partition coefficient (Wildman–Crippen LogP) is 6.36. The maximum atomic E-state index is 13.1. The van der Waals surface area contributed by atoms with Gasteiger partial charge in [0.2, 0.25) is 0 Å². The van der Waals surface area contributed by atoms with Crippen LogP contribution < -0.4 is 19.6 Å². The Balaban J connectivity index is 1.65. The van der Waals surface area contributed by atoms with Gasteiger partial charge in [-0.3, -0.25) is 4.79 Å². The molecule has 0 unspecified atom stereocenters. The minimum absolute atomic E-state index is 0.158. The van der Waals surface area contributed by atoms with Crippen molar-refractivity contribution in [3.05, 3.63) is 86.7 Å². The Hall–Kier alpha value is -3.15. The second-order valence-electron chi connectivity index (χ2n) is 6.70. The van der Waals surface area contributed by atoms with Crippen LogP contribution in [0.2, 0.25) is 10.0 Å². The zero-order valence-corrected chi connectivity index (χ0v) is 18.3. The van der Waals surface area contributed by atoms with Crippen LogP contribution in [0.1, 0.15) is 5.56 Å². The average molecular weight is 457 g/mol. The van der Waals surface area contributed by atoms with E-state index in [9.17, 15) is 4.79 Å². The fraction of sp³-hybridized carbons (Fsp3) is 0.125. The smallest absolute Gasteiger partial charge is 0.200 e. The Morgan fingerprint density at radius 3 is 2.35 bits per heavy atom. The van der Waals surface area contributed by atoms with Crippen LogP contribution in [0.4, 0.5) is 0 Å². The zero-order valence-electron chi connectivity index (χ0n) is 16.8. The molecule has 7 heteroatoms. The third-order valence-electron chi connectivity index (χ3n) is 4.89. The summed E-state index contributed by atoms with van der Waals surface area (Å²) in [5.41, 5.74) is 2.04. The van der Waals surface area contributed by atoms with Crippen molar-refractivity contribution in [2.75, 3.05) is 14.2 Å². The van der Waals surface area contributed by atoms with Gasteiger partial charge in [0.15, 0.2) is 16.9 Å². The lowest BCUT2D eigenvalue weighted by molar-refractivity contribution is 0.306. The van der Waals surface area contributed by atoms with Gasteiger partial charge in [-0.2, -0.15) is 0 Å². The monoisotopic (exact) mass is 456 g/mol. The van der Waals surface area contributed by atoms with Crippen LogP contribution in [0.25, 0.3) is 22.1 Å². The van der Waals surface area contributed by atoms with E-state index < -0.39 is 0 Å². The molecule has 0 aliphatic carbocycles. The Labute approximate surface area is 188 Å². The SMILES string of the molecule is COc1ccc(-c2coc3cc(OCc4c(Cl)cccc4Cl)ccc3c2=O)cc1OC. The van der Waals surface area contributed by atoms with Crippen LogP contribution in [0.5, 0.6) is 17.2 Å². The van der Waals surface area contributed by atoms with Crippen LogP contribution in [0.3, 0.4) is 0 Å². The lowest BCUT2D eigenvalue weighted by Crippen LogP contribution is -2.05. The first-order chi connectivity index (χ1) is 15.0. The molecule has 0 fully saturated rings. The number of fused-ring (bicyclic) bond motifs is 1. The van der Waals surface area contributed by atoms with Gasteiger partial charge in [0.05, 0.1) is 25.2 Å². The number of methoxy groups -OCH3 is 2. The third kappa shape index (κ3) is 4.20. The van der Waals surface area contributed by atoms with E-state index >= 15 is 0 Å². The molecule has 0 bridgehead atoms. The van der Waals surface area contributed by atoms with Crippen LogP contribution in [-0.2, 0) is 6.61 Å². The molecule has 0 N–H and O–H groups in total. The Kier molecular flexibility index (Phi) is 6.07. The summed E-state index contributed by atoms with van der Waals surface area (Å²) in [5, 5.41) is 1.49. The molecule has 0 amide bonds. The highest BCUT2D eigenvalue weighted by Crippen LogP contribution is 2.32. The van der Waals surface area contributed by atoms with E-state index in [1.807, 2.05) is 0 Å². The second kappa shape index (κ2) is 8.92. The number of halogens is 2. The molecule has 0 saturated heterocycles. The summed E-state index contributed by atoms with van der Waals surface area (Å²) < 4.78 is 22.1. The Morgan fingerprint density at radius 1 is 0.903 bits per heavy atom. The van der Waals surface area contributed by atoms with Crippen LogP contribution in [0.15, 0.2) is 70.1 Å². The lowest BCUT2D eigenvalue weighted by atomic mass is 10.0. The van der Waals surface area contributed by atoms with Crippen molar-refractivity contribution in [1.82, 2.24) is 0 Å². The van der Waals surface area contributed by atoms with Crippen LogP contribution >= 0.6 is 23.2 Å². The van der Waals surface area contributed by atoms with E-state index in [0.717, 1.165) is 0 Å². The molecule has 1 aromatic heterocycles. The van der Waals surface area contributed by atoms with Gasteiger partial charge in [0.25, 0.3) is 0 Å². The molecule has 0 spiro atoms. The van der Waals surface area contributed by atoms with Crippen molar-refractivity contribution < 1.29 is 18.6 Å².